The summed E-state index contributed by atoms with van der Waals surface area (Å²) >= 11 is 1.60. The Balaban J connectivity index is 1.68. The summed E-state index contributed by atoms with van der Waals surface area (Å²) in [4.78, 5) is 19.2. The molecule has 0 fully saturated rings. The van der Waals surface area contributed by atoms with E-state index in [0.29, 0.717) is 5.56 Å². The highest BCUT2D eigenvalue weighted by Crippen LogP contribution is 2.40. The molecular weight excluding hydrogens is 383 g/mol. The number of amides is 1. The van der Waals surface area contributed by atoms with Crippen molar-refractivity contribution in [2.45, 2.75) is 39.0 Å². The van der Waals surface area contributed by atoms with Crippen LogP contribution in [0.2, 0.25) is 0 Å². The Bertz CT molecular complexity index is 1050. The molecule has 0 saturated heterocycles. The highest BCUT2D eigenvalue weighted by Gasteiger charge is 2.25. The molecule has 2 aromatic carbocycles. The number of anilines is 1. The summed E-state index contributed by atoms with van der Waals surface area (Å²) in [7, 11) is 0. The maximum Gasteiger partial charge on any atom is 0.259 e. The first kappa shape index (κ1) is 19.5. The van der Waals surface area contributed by atoms with Crippen molar-refractivity contribution in [1.29, 1.82) is 0 Å². The molecule has 0 bridgehead atoms. The number of para-hydroxylation sites is 1. The van der Waals surface area contributed by atoms with Crippen LogP contribution in [0, 0.1) is 5.82 Å². The van der Waals surface area contributed by atoms with Crippen LogP contribution in [0.1, 0.15) is 51.7 Å². The fraction of sp³-hybridized carbons (Fsp3) is 0.250. The molecule has 0 unspecified atom stereocenters. The van der Waals surface area contributed by atoms with E-state index in [2.05, 4.69) is 17.2 Å². The van der Waals surface area contributed by atoms with Gasteiger partial charge in [-0.25, -0.2) is 9.38 Å². The van der Waals surface area contributed by atoms with Gasteiger partial charge < -0.3 is 5.32 Å². The number of halogens is 1. The summed E-state index contributed by atoms with van der Waals surface area (Å²) in [6.07, 6.45) is 6.71. The predicted octanol–water partition coefficient (Wildman–Crippen LogP) is 6.33. The second-order valence-corrected chi connectivity index (χ2v) is 8.25. The number of fused-ring (bicyclic) bond motifs is 1. The van der Waals surface area contributed by atoms with Gasteiger partial charge in [-0.1, -0.05) is 37.3 Å². The Hall–Kier alpha value is -2.79. The topological polar surface area (TPSA) is 41.5 Å². The van der Waals surface area contributed by atoms with E-state index in [1.807, 2.05) is 24.3 Å². The van der Waals surface area contributed by atoms with Crippen LogP contribution in [-0.4, -0.2) is 12.1 Å². The van der Waals surface area contributed by atoms with Crippen LogP contribution < -0.4 is 5.32 Å². The summed E-state index contributed by atoms with van der Waals surface area (Å²) in [6, 6.07) is 14.1. The largest absolute Gasteiger partial charge is 0.322 e. The zero-order chi connectivity index (χ0) is 20.2. The van der Waals surface area contributed by atoms with Crippen molar-refractivity contribution in [3.63, 3.8) is 0 Å². The van der Waals surface area contributed by atoms with Gasteiger partial charge in [0.25, 0.3) is 5.91 Å². The highest BCUT2D eigenvalue weighted by atomic mass is 32.1. The summed E-state index contributed by atoms with van der Waals surface area (Å²) < 4.78 is 13.1. The average molecular weight is 407 g/mol. The van der Waals surface area contributed by atoms with Gasteiger partial charge in [0.2, 0.25) is 0 Å². The lowest BCUT2D eigenvalue weighted by Gasteiger charge is -2.14. The molecule has 1 aromatic heterocycles. The SMILES string of the molecule is CCc1ccccc1NC(=O)c1c(/N=C/c2ccc(F)cc2)sc2c1CCCC2. The molecule has 29 heavy (non-hydrogen) atoms. The first-order valence-corrected chi connectivity index (χ1v) is 10.8. The third-order valence-corrected chi connectivity index (χ3v) is 6.43. The highest BCUT2D eigenvalue weighted by molar-refractivity contribution is 7.16. The molecule has 1 aliphatic carbocycles. The number of carbonyl (C=O) groups is 1. The Morgan fingerprint density at radius 3 is 2.69 bits per heavy atom. The molecular formula is C24H23FN2OS. The Morgan fingerprint density at radius 1 is 1.14 bits per heavy atom. The number of benzene rings is 2. The molecule has 0 saturated carbocycles. The van der Waals surface area contributed by atoms with E-state index in [0.717, 1.165) is 59.5 Å². The molecule has 1 heterocycles. The van der Waals surface area contributed by atoms with Crippen LogP contribution in [0.4, 0.5) is 15.1 Å². The van der Waals surface area contributed by atoms with E-state index in [-0.39, 0.29) is 11.7 Å². The lowest BCUT2D eigenvalue weighted by molar-refractivity contribution is 0.102. The number of aryl methyl sites for hydroxylation is 2. The van der Waals surface area contributed by atoms with Crippen molar-refractivity contribution in [1.82, 2.24) is 0 Å². The maximum atomic E-state index is 13.3. The third-order valence-electron chi connectivity index (χ3n) is 5.23. The van der Waals surface area contributed by atoms with E-state index in [1.54, 1.807) is 29.7 Å². The molecule has 0 aliphatic heterocycles. The maximum absolute atomic E-state index is 13.3. The van der Waals surface area contributed by atoms with Gasteiger partial charge >= 0.3 is 0 Å². The van der Waals surface area contributed by atoms with Crippen LogP contribution in [0.15, 0.2) is 53.5 Å². The second kappa shape index (κ2) is 8.70. The molecule has 148 valence electrons. The number of nitrogens with zero attached hydrogens (tertiary/aromatic N) is 1. The van der Waals surface area contributed by atoms with Crippen molar-refractivity contribution >= 4 is 34.1 Å². The lowest BCUT2D eigenvalue weighted by Crippen LogP contribution is -2.15. The number of rotatable bonds is 5. The number of hydrogen-bond donors (Lipinski definition) is 1. The van der Waals surface area contributed by atoms with Crippen LogP contribution in [0.25, 0.3) is 0 Å². The van der Waals surface area contributed by atoms with Gasteiger partial charge in [-0.15, -0.1) is 11.3 Å². The normalized spacial score (nSPS) is 13.4. The minimum atomic E-state index is -0.275. The quantitative estimate of drug-likeness (QED) is 0.494. The molecule has 1 amide bonds. The zero-order valence-corrected chi connectivity index (χ0v) is 17.2. The minimum Gasteiger partial charge on any atom is -0.322 e. The molecule has 0 radical (unpaired) electrons. The number of nitrogens with one attached hydrogen (secondary N) is 1. The molecule has 5 heteroatoms. The molecule has 1 aliphatic rings. The van der Waals surface area contributed by atoms with E-state index < -0.39 is 0 Å². The van der Waals surface area contributed by atoms with Crippen LogP contribution >= 0.6 is 11.3 Å². The van der Waals surface area contributed by atoms with Crippen LogP contribution in [0.3, 0.4) is 0 Å². The Kier molecular flexibility index (Phi) is 5.86. The second-order valence-electron chi connectivity index (χ2n) is 7.17. The van der Waals surface area contributed by atoms with Gasteiger partial charge in [0.15, 0.2) is 0 Å². The van der Waals surface area contributed by atoms with E-state index in [4.69, 9.17) is 0 Å². The molecule has 3 nitrogen and oxygen atoms in total. The monoisotopic (exact) mass is 406 g/mol. The van der Waals surface area contributed by atoms with Crippen LogP contribution in [0.5, 0.6) is 0 Å². The standard InChI is InChI=1S/C24H23FN2OS/c1-2-17-7-3-5-9-20(17)27-23(28)22-19-8-4-6-10-21(19)29-24(22)26-15-16-11-13-18(25)14-12-16/h3,5,7,9,11-15H,2,4,6,8,10H2,1H3,(H,27,28)/b26-15+. The number of thiophene rings is 1. The van der Waals surface area contributed by atoms with Crippen molar-refractivity contribution in [3.05, 3.63) is 81.5 Å². The fourth-order valence-corrected chi connectivity index (χ4v) is 4.92. The predicted molar refractivity (Wildman–Crippen MR) is 118 cm³/mol. The van der Waals surface area contributed by atoms with Crippen molar-refractivity contribution < 1.29 is 9.18 Å². The van der Waals surface area contributed by atoms with Crippen LogP contribution in [-0.2, 0) is 19.3 Å². The number of carbonyl (C=O) groups excluding carboxylic acids is 1. The molecule has 0 spiro atoms. The number of hydrogen-bond acceptors (Lipinski definition) is 3. The number of aliphatic imine (C=N–C) groups is 1. The fourth-order valence-electron chi connectivity index (χ4n) is 3.69. The van der Waals surface area contributed by atoms with E-state index >= 15 is 0 Å². The van der Waals surface area contributed by atoms with Gasteiger partial charge in [0, 0.05) is 16.8 Å². The smallest absolute Gasteiger partial charge is 0.259 e. The zero-order valence-electron chi connectivity index (χ0n) is 16.4. The summed E-state index contributed by atoms with van der Waals surface area (Å²) in [5.74, 6) is -0.375. The van der Waals surface area contributed by atoms with Crippen molar-refractivity contribution in [2.75, 3.05) is 5.32 Å². The first-order chi connectivity index (χ1) is 14.2. The minimum absolute atomic E-state index is 0.100. The van der Waals surface area contributed by atoms with Crippen molar-refractivity contribution in [3.8, 4) is 0 Å². The Morgan fingerprint density at radius 2 is 1.90 bits per heavy atom. The molecule has 1 N–H and O–H groups in total. The first-order valence-electron chi connectivity index (χ1n) is 9.99. The molecule has 3 aromatic rings. The van der Waals surface area contributed by atoms with E-state index in [1.165, 1.54) is 17.0 Å². The van der Waals surface area contributed by atoms with Gasteiger partial charge in [0.05, 0.1) is 5.56 Å². The van der Waals surface area contributed by atoms with Gasteiger partial charge in [-0.05, 0) is 67.0 Å². The summed E-state index contributed by atoms with van der Waals surface area (Å²) in [5.41, 5.74) is 4.60. The van der Waals surface area contributed by atoms with Gasteiger partial charge in [-0.3, -0.25) is 4.79 Å². The summed E-state index contributed by atoms with van der Waals surface area (Å²) in [6.45, 7) is 2.08. The van der Waals surface area contributed by atoms with Gasteiger partial charge in [-0.2, -0.15) is 0 Å². The Labute approximate surface area is 174 Å². The van der Waals surface area contributed by atoms with Crippen molar-refractivity contribution in [2.24, 2.45) is 4.99 Å². The average Bonchev–Trinajstić information content (AvgIpc) is 3.12. The molecule has 0 atom stereocenters. The van der Waals surface area contributed by atoms with Gasteiger partial charge in [0.1, 0.15) is 10.8 Å². The lowest BCUT2D eigenvalue weighted by atomic mass is 9.95. The third kappa shape index (κ3) is 4.30. The van der Waals surface area contributed by atoms with E-state index in [9.17, 15) is 9.18 Å². The summed E-state index contributed by atoms with van der Waals surface area (Å²) in [5, 5.41) is 3.83. The molecule has 4 rings (SSSR count).